The highest BCUT2D eigenvalue weighted by Gasteiger charge is 2.52. The largest absolute Gasteiger partial charge is 0.287 e. The maximum absolute atomic E-state index is 2.71. The van der Waals surface area contributed by atoms with Crippen molar-refractivity contribution in [1.82, 2.24) is 28.1 Å². The first kappa shape index (κ1) is 21.3. The lowest BCUT2D eigenvalue weighted by Crippen LogP contribution is -2.71. The molecule has 0 atom stereocenters. The molecular weight excluding hydrogens is 408 g/mol. The molecule has 9 heterocycles. The minimum absolute atomic E-state index is 1.27. The first-order valence-electron chi connectivity index (χ1n) is 13.9. The van der Waals surface area contributed by atoms with E-state index < -0.39 is 0 Å². The smallest absolute Gasteiger partial charge is 0.150 e. The van der Waals surface area contributed by atoms with Crippen LogP contribution < -0.4 is 13.4 Å². The molecule has 0 aromatic heterocycles. The van der Waals surface area contributed by atoms with Crippen molar-refractivity contribution in [3.63, 3.8) is 0 Å². The Bertz CT molecular complexity index is 775. The lowest BCUT2D eigenvalue weighted by molar-refractivity contribution is 0.0588. The van der Waals surface area contributed by atoms with E-state index >= 15 is 0 Å². The zero-order chi connectivity index (χ0) is 22.4. The van der Waals surface area contributed by atoms with Crippen LogP contribution in [0.15, 0.2) is 0 Å². The Morgan fingerprint density at radius 2 is 0.545 bits per heavy atom. The summed E-state index contributed by atoms with van der Waals surface area (Å²) in [5.41, 5.74) is 10.4. The molecule has 10 rings (SSSR count). The summed E-state index contributed by atoms with van der Waals surface area (Å²) in [7, 11) is 0. The molecule has 0 aliphatic carbocycles. The molecule has 0 spiro atoms. The monoisotopic (exact) mass is 453 g/mol. The van der Waals surface area contributed by atoms with E-state index in [4.69, 9.17) is 0 Å². The van der Waals surface area contributed by atoms with Gasteiger partial charge in [-0.3, -0.25) is 28.1 Å². The van der Waals surface area contributed by atoms with Crippen LogP contribution in [0.25, 0.3) is 0 Å². The van der Waals surface area contributed by atoms with Gasteiger partial charge in [-0.05, 0) is 20.8 Å². The summed E-state index contributed by atoms with van der Waals surface area (Å²) in [4.78, 5) is 8.12. The molecular formula is C27H45N6+3. The summed E-state index contributed by atoms with van der Waals surface area (Å²) in [6, 6.07) is 0. The summed E-state index contributed by atoms with van der Waals surface area (Å²) in [6.45, 7) is 31.2. The van der Waals surface area contributed by atoms with Gasteiger partial charge < -0.3 is 0 Å². The van der Waals surface area contributed by atoms with Gasteiger partial charge in [-0.25, -0.2) is 0 Å². The highest BCUT2D eigenvalue weighted by Crippen LogP contribution is 2.51. The van der Waals surface area contributed by atoms with Crippen molar-refractivity contribution in [3.8, 4) is 0 Å². The van der Waals surface area contributed by atoms with Crippen molar-refractivity contribution in [2.75, 3.05) is 118 Å². The van der Waals surface area contributed by atoms with E-state index in [1.54, 1.807) is 33.8 Å². The van der Waals surface area contributed by atoms with Crippen LogP contribution in [-0.2, 0) is 0 Å². The topological polar surface area (TPSA) is 9.72 Å². The molecule has 9 aliphatic rings. The van der Waals surface area contributed by atoms with E-state index in [0.29, 0.717) is 0 Å². The van der Waals surface area contributed by atoms with Crippen LogP contribution in [0.1, 0.15) is 16.7 Å². The third-order valence-electron chi connectivity index (χ3n) is 11.2. The average molecular weight is 454 g/mol. The van der Waals surface area contributed by atoms with Gasteiger partial charge in [0.25, 0.3) is 0 Å². The summed E-state index contributed by atoms with van der Waals surface area (Å²) < 4.78 is 3.81. The van der Waals surface area contributed by atoms with Crippen LogP contribution in [0.3, 0.4) is 0 Å². The van der Waals surface area contributed by atoms with Crippen molar-refractivity contribution in [2.24, 2.45) is 0 Å². The van der Waals surface area contributed by atoms with Gasteiger partial charge in [0.2, 0.25) is 0 Å². The second-order valence-electron chi connectivity index (χ2n) is 12.4. The standard InChI is InChI=1S/C27H45N6/c1-22-25(31-13-4-28(5-14-31)6-15-31)23(2)27(33-19-10-30(11-20-33)12-21-33)24(3)26(22)32-16-7-29(8-17-32)9-18-32/h4-21H2,1-3H3/q+3. The Balaban J connectivity index is 1.48. The summed E-state index contributed by atoms with van der Waals surface area (Å²) >= 11 is 0. The minimum atomic E-state index is 1.27. The third kappa shape index (κ3) is 2.88. The predicted octanol–water partition coefficient (Wildman–Crippen LogP) is 1.52. The molecule has 6 bridgehead atoms. The Morgan fingerprint density at radius 1 is 0.364 bits per heavy atom. The number of nitrogens with zero attached hydrogens (tertiary/aromatic N) is 6. The molecule has 0 amide bonds. The lowest BCUT2D eigenvalue weighted by Gasteiger charge is -2.55. The van der Waals surface area contributed by atoms with E-state index in [9.17, 15) is 0 Å². The molecule has 9 aliphatic heterocycles. The molecule has 33 heavy (non-hydrogen) atoms. The van der Waals surface area contributed by atoms with Crippen LogP contribution in [0.2, 0.25) is 0 Å². The van der Waals surface area contributed by atoms with Gasteiger partial charge >= 0.3 is 0 Å². The number of benzene rings is 1. The normalized spacial score (nSPS) is 43.9. The van der Waals surface area contributed by atoms with E-state index in [-0.39, 0.29) is 0 Å². The van der Waals surface area contributed by atoms with Crippen LogP contribution >= 0.6 is 0 Å². The first-order valence-corrected chi connectivity index (χ1v) is 13.9. The highest BCUT2D eigenvalue weighted by molar-refractivity contribution is 5.81. The molecule has 180 valence electrons. The molecule has 1 aromatic carbocycles. The summed E-state index contributed by atoms with van der Waals surface area (Å²) in [5.74, 6) is 0. The average Bonchev–Trinajstić information content (AvgIpc) is 2.87. The van der Waals surface area contributed by atoms with Crippen LogP contribution in [-0.4, -0.2) is 133 Å². The summed E-state index contributed by atoms with van der Waals surface area (Å²) in [6.07, 6.45) is 0. The van der Waals surface area contributed by atoms with E-state index in [0.717, 1.165) is 0 Å². The second kappa shape index (κ2) is 7.25. The molecule has 0 unspecified atom stereocenters. The van der Waals surface area contributed by atoms with Gasteiger partial charge in [0.05, 0.1) is 75.6 Å². The number of rotatable bonds is 3. The van der Waals surface area contributed by atoms with Gasteiger partial charge in [-0.1, -0.05) is 0 Å². The molecule has 1 aromatic rings. The maximum Gasteiger partial charge on any atom is 0.150 e. The first-order chi connectivity index (χ1) is 16.0. The predicted molar refractivity (Wildman–Crippen MR) is 139 cm³/mol. The van der Waals surface area contributed by atoms with Crippen LogP contribution in [0.5, 0.6) is 0 Å². The fourth-order valence-corrected chi connectivity index (χ4v) is 9.33. The zero-order valence-electron chi connectivity index (χ0n) is 21.4. The fourth-order valence-electron chi connectivity index (χ4n) is 9.33. The van der Waals surface area contributed by atoms with Gasteiger partial charge in [0.15, 0.2) is 17.1 Å². The Labute approximate surface area is 200 Å². The number of quaternary nitrogens is 3. The minimum Gasteiger partial charge on any atom is -0.287 e. The van der Waals surface area contributed by atoms with Crippen molar-refractivity contribution in [1.29, 1.82) is 0 Å². The Hall–Kier alpha value is -1.02. The molecule has 9 saturated heterocycles. The number of hydrogen-bond acceptors (Lipinski definition) is 3. The zero-order valence-corrected chi connectivity index (χ0v) is 21.4. The Morgan fingerprint density at radius 3 is 0.727 bits per heavy atom. The van der Waals surface area contributed by atoms with E-state index in [2.05, 4.69) is 35.5 Å². The van der Waals surface area contributed by atoms with Gasteiger partial charge in [0.1, 0.15) is 0 Å². The number of piperazine rings is 9. The molecule has 6 heteroatoms. The SMILES string of the molecule is Cc1c([N+]23CCN(CC2)CC3)c(C)c([N+]23CCN(CC2)CC3)c(C)c1[N+]12CCN(CC1)CC2. The molecule has 6 nitrogen and oxygen atoms in total. The van der Waals surface area contributed by atoms with E-state index in [1.165, 1.54) is 131 Å². The molecule has 0 N–H and O–H groups in total. The summed E-state index contributed by atoms with van der Waals surface area (Å²) in [5, 5.41) is 0. The molecule has 0 radical (unpaired) electrons. The van der Waals surface area contributed by atoms with Crippen molar-refractivity contribution in [3.05, 3.63) is 16.7 Å². The van der Waals surface area contributed by atoms with Crippen LogP contribution in [0, 0.1) is 20.8 Å². The van der Waals surface area contributed by atoms with Crippen LogP contribution in [0.4, 0.5) is 17.1 Å². The third-order valence-corrected chi connectivity index (χ3v) is 11.2. The number of hydrogen-bond donors (Lipinski definition) is 0. The lowest BCUT2D eigenvalue weighted by atomic mass is 9.89. The van der Waals surface area contributed by atoms with E-state index in [1.807, 2.05) is 0 Å². The Kier molecular flexibility index (Phi) is 4.67. The second-order valence-corrected chi connectivity index (χ2v) is 12.4. The van der Waals surface area contributed by atoms with Gasteiger partial charge in [-0.2, -0.15) is 0 Å². The van der Waals surface area contributed by atoms with Crippen molar-refractivity contribution >= 4 is 17.1 Å². The molecule has 9 fully saturated rings. The maximum atomic E-state index is 2.71. The van der Waals surface area contributed by atoms with Gasteiger partial charge in [0, 0.05) is 58.9 Å². The van der Waals surface area contributed by atoms with Crippen molar-refractivity contribution in [2.45, 2.75) is 20.8 Å². The fraction of sp³-hybridized carbons (Fsp3) is 0.778. The van der Waals surface area contributed by atoms with Gasteiger partial charge in [-0.15, -0.1) is 0 Å². The molecule has 0 saturated carbocycles. The highest BCUT2D eigenvalue weighted by atomic mass is 15.5. The number of fused-ring (bicyclic) bond motifs is 9. The van der Waals surface area contributed by atoms with Crippen molar-refractivity contribution < 1.29 is 0 Å². The quantitative estimate of drug-likeness (QED) is 0.643.